The molecule has 27 heavy (non-hydrogen) atoms. The number of rotatable bonds is 3. The molecule has 1 atom stereocenters. The van der Waals surface area contributed by atoms with Gasteiger partial charge in [-0.2, -0.15) is 0 Å². The number of ether oxygens (including phenoxy) is 1. The first kappa shape index (κ1) is 17.1. The van der Waals surface area contributed by atoms with Gasteiger partial charge >= 0.3 is 0 Å². The average molecular weight is 369 g/mol. The second-order valence-electron chi connectivity index (χ2n) is 6.47. The molecule has 2 aromatic rings. The molecule has 2 aliphatic rings. The van der Waals surface area contributed by atoms with Crippen LogP contribution in [0, 0.1) is 0 Å². The summed E-state index contributed by atoms with van der Waals surface area (Å²) < 4.78 is 10.9. The SMILES string of the molecule is COc1cccc(-c2ccc(C(=O)N3CCN4C(=O)CNC(=O)[C@@H]4C3)o2)c1. The smallest absolute Gasteiger partial charge is 0.289 e. The summed E-state index contributed by atoms with van der Waals surface area (Å²) in [4.78, 5) is 39.8. The average Bonchev–Trinajstić information content (AvgIpc) is 3.20. The Kier molecular flexibility index (Phi) is 4.31. The van der Waals surface area contributed by atoms with Crippen molar-refractivity contribution in [1.82, 2.24) is 15.1 Å². The third-order valence-corrected chi connectivity index (χ3v) is 4.88. The van der Waals surface area contributed by atoms with Crippen molar-refractivity contribution in [2.45, 2.75) is 6.04 Å². The molecule has 2 fully saturated rings. The van der Waals surface area contributed by atoms with Gasteiger partial charge in [-0.1, -0.05) is 12.1 Å². The van der Waals surface area contributed by atoms with Crippen LogP contribution in [0.25, 0.3) is 11.3 Å². The molecular weight excluding hydrogens is 350 g/mol. The maximum Gasteiger partial charge on any atom is 0.289 e. The molecule has 140 valence electrons. The molecule has 3 heterocycles. The van der Waals surface area contributed by atoms with E-state index in [4.69, 9.17) is 9.15 Å². The molecule has 1 N–H and O–H groups in total. The first-order valence-electron chi connectivity index (χ1n) is 8.67. The van der Waals surface area contributed by atoms with Crippen molar-refractivity contribution in [1.29, 1.82) is 0 Å². The largest absolute Gasteiger partial charge is 0.497 e. The fraction of sp³-hybridized carbons (Fsp3) is 0.316. The zero-order valence-corrected chi connectivity index (χ0v) is 14.8. The highest BCUT2D eigenvalue weighted by Gasteiger charge is 2.40. The molecule has 0 spiro atoms. The number of nitrogens with one attached hydrogen (secondary N) is 1. The minimum atomic E-state index is -0.642. The monoisotopic (exact) mass is 369 g/mol. The van der Waals surface area contributed by atoms with E-state index in [-0.39, 0.29) is 36.6 Å². The molecule has 2 aliphatic heterocycles. The van der Waals surface area contributed by atoms with E-state index >= 15 is 0 Å². The Morgan fingerprint density at radius 1 is 1.22 bits per heavy atom. The summed E-state index contributed by atoms with van der Waals surface area (Å²) in [6.07, 6.45) is 0. The van der Waals surface area contributed by atoms with Gasteiger partial charge in [0.25, 0.3) is 5.91 Å². The van der Waals surface area contributed by atoms with E-state index in [2.05, 4.69) is 5.32 Å². The lowest BCUT2D eigenvalue weighted by Gasteiger charge is -2.42. The van der Waals surface area contributed by atoms with Crippen molar-refractivity contribution < 1.29 is 23.5 Å². The molecular formula is C19H19N3O5. The first-order chi connectivity index (χ1) is 13.1. The fourth-order valence-corrected chi connectivity index (χ4v) is 3.41. The third kappa shape index (κ3) is 3.14. The van der Waals surface area contributed by atoms with E-state index in [9.17, 15) is 14.4 Å². The predicted octanol–water partition coefficient (Wildman–Crippen LogP) is 0.738. The molecule has 8 nitrogen and oxygen atoms in total. The zero-order chi connectivity index (χ0) is 19.0. The second-order valence-corrected chi connectivity index (χ2v) is 6.47. The highest BCUT2D eigenvalue weighted by molar-refractivity contribution is 5.97. The van der Waals surface area contributed by atoms with Crippen LogP contribution in [0.15, 0.2) is 40.8 Å². The number of benzene rings is 1. The van der Waals surface area contributed by atoms with Gasteiger partial charge in [0, 0.05) is 18.7 Å². The Balaban J connectivity index is 1.51. The molecule has 1 aromatic carbocycles. The van der Waals surface area contributed by atoms with Gasteiger partial charge in [-0.05, 0) is 24.3 Å². The van der Waals surface area contributed by atoms with Crippen molar-refractivity contribution in [3.05, 3.63) is 42.2 Å². The molecule has 0 bridgehead atoms. The number of fused-ring (bicyclic) bond motifs is 1. The summed E-state index contributed by atoms with van der Waals surface area (Å²) in [5, 5.41) is 2.56. The molecule has 2 saturated heterocycles. The molecule has 0 unspecified atom stereocenters. The van der Waals surface area contributed by atoms with Crippen LogP contribution in [0.2, 0.25) is 0 Å². The number of carbonyl (C=O) groups excluding carboxylic acids is 3. The van der Waals surface area contributed by atoms with Crippen LogP contribution in [0.1, 0.15) is 10.6 Å². The molecule has 4 rings (SSSR count). The van der Waals surface area contributed by atoms with E-state index in [0.29, 0.717) is 24.6 Å². The van der Waals surface area contributed by atoms with Crippen LogP contribution in [-0.2, 0) is 9.59 Å². The van der Waals surface area contributed by atoms with Crippen LogP contribution in [0.3, 0.4) is 0 Å². The van der Waals surface area contributed by atoms with Crippen molar-refractivity contribution in [2.75, 3.05) is 33.3 Å². The maximum atomic E-state index is 12.8. The van der Waals surface area contributed by atoms with Gasteiger partial charge in [0.2, 0.25) is 11.8 Å². The van der Waals surface area contributed by atoms with Crippen molar-refractivity contribution >= 4 is 17.7 Å². The van der Waals surface area contributed by atoms with Gasteiger partial charge in [0.15, 0.2) is 5.76 Å². The van der Waals surface area contributed by atoms with Crippen LogP contribution >= 0.6 is 0 Å². The number of nitrogens with zero attached hydrogens (tertiary/aromatic N) is 2. The molecule has 0 saturated carbocycles. The molecule has 1 aromatic heterocycles. The Morgan fingerprint density at radius 2 is 2.07 bits per heavy atom. The molecule has 8 heteroatoms. The number of hydrogen-bond donors (Lipinski definition) is 1. The minimum absolute atomic E-state index is 0.0192. The van der Waals surface area contributed by atoms with Crippen LogP contribution in [0.5, 0.6) is 5.75 Å². The number of piperazine rings is 2. The fourth-order valence-electron chi connectivity index (χ4n) is 3.41. The van der Waals surface area contributed by atoms with Crippen molar-refractivity contribution in [3.8, 4) is 17.1 Å². The van der Waals surface area contributed by atoms with E-state index in [1.165, 1.54) is 4.90 Å². The summed E-state index contributed by atoms with van der Waals surface area (Å²) >= 11 is 0. The number of amides is 3. The predicted molar refractivity (Wildman–Crippen MR) is 95.1 cm³/mol. The Hall–Kier alpha value is -3.29. The van der Waals surface area contributed by atoms with Crippen molar-refractivity contribution in [3.63, 3.8) is 0 Å². The number of hydrogen-bond acceptors (Lipinski definition) is 5. The Labute approximate surface area is 155 Å². The normalized spacial score (nSPS) is 19.5. The Morgan fingerprint density at radius 3 is 2.89 bits per heavy atom. The van der Waals surface area contributed by atoms with Gasteiger partial charge in [0.05, 0.1) is 20.2 Å². The van der Waals surface area contributed by atoms with Gasteiger partial charge < -0.3 is 24.3 Å². The summed E-state index contributed by atoms with van der Waals surface area (Å²) in [6.45, 7) is 0.882. The van der Waals surface area contributed by atoms with Crippen LogP contribution in [-0.4, -0.2) is 66.9 Å². The van der Waals surface area contributed by atoms with Gasteiger partial charge in [-0.15, -0.1) is 0 Å². The van der Waals surface area contributed by atoms with Crippen molar-refractivity contribution in [2.24, 2.45) is 0 Å². The Bertz CT molecular complexity index is 906. The lowest BCUT2D eigenvalue weighted by Crippen LogP contribution is -2.66. The van der Waals surface area contributed by atoms with E-state index in [1.807, 2.05) is 24.3 Å². The molecule has 0 aliphatic carbocycles. The van der Waals surface area contributed by atoms with E-state index in [0.717, 1.165) is 5.56 Å². The van der Waals surface area contributed by atoms with E-state index in [1.54, 1.807) is 24.1 Å². The summed E-state index contributed by atoms with van der Waals surface area (Å²) in [5.41, 5.74) is 0.801. The number of methoxy groups -OCH3 is 1. The van der Waals surface area contributed by atoms with Gasteiger partial charge in [-0.3, -0.25) is 14.4 Å². The zero-order valence-electron chi connectivity index (χ0n) is 14.8. The molecule has 3 amide bonds. The lowest BCUT2D eigenvalue weighted by atomic mass is 10.1. The molecule has 0 radical (unpaired) electrons. The topological polar surface area (TPSA) is 92.1 Å². The summed E-state index contributed by atoms with van der Waals surface area (Å²) in [6, 6.07) is 10.1. The second kappa shape index (κ2) is 6.79. The standard InChI is InChI=1S/C19H19N3O5/c1-26-13-4-2-3-12(9-13)15-5-6-16(27-15)19(25)21-7-8-22-14(11-21)18(24)20-10-17(22)23/h2-6,9,14H,7-8,10-11H2,1H3,(H,20,24)/t14-/m0/s1. The van der Waals surface area contributed by atoms with Gasteiger partial charge in [0.1, 0.15) is 17.6 Å². The van der Waals surface area contributed by atoms with Crippen LogP contribution in [0.4, 0.5) is 0 Å². The number of carbonyl (C=O) groups is 3. The van der Waals surface area contributed by atoms with Crippen LogP contribution < -0.4 is 10.1 Å². The highest BCUT2D eigenvalue weighted by Crippen LogP contribution is 2.26. The highest BCUT2D eigenvalue weighted by atomic mass is 16.5. The third-order valence-electron chi connectivity index (χ3n) is 4.88. The minimum Gasteiger partial charge on any atom is -0.497 e. The first-order valence-corrected chi connectivity index (χ1v) is 8.67. The van der Waals surface area contributed by atoms with E-state index < -0.39 is 6.04 Å². The summed E-state index contributed by atoms with van der Waals surface area (Å²) in [7, 11) is 1.59. The van der Waals surface area contributed by atoms with Gasteiger partial charge in [-0.25, -0.2) is 0 Å². The maximum absolute atomic E-state index is 12.8. The quantitative estimate of drug-likeness (QED) is 0.862. The number of furan rings is 1. The summed E-state index contributed by atoms with van der Waals surface area (Å²) in [5.74, 6) is 0.800. The lowest BCUT2D eigenvalue weighted by molar-refractivity contribution is -0.148.